The standard InChI is InChI=1S/C22H19N3O3/c1-28-20-13-9-17(10-14-20)22-15-21(16-7-11-19(12-8-16)25(26)27)23-24(22)18-5-3-2-4-6-18/h2-14,22H,15H2,1H3/t22-/m1/s1. The van der Waals surface area contributed by atoms with E-state index in [0.29, 0.717) is 6.42 Å². The van der Waals surface area contributed by atoms with Crippen LogP contribution in [0.2, 0.25) is 0 Å². The van der Waals surface area contributed by atoms with Crippen molar-refractivity contribution < 1.29 is 9.66 Å². The Labute approximate surface area is 162 Å². The number of nitro groups is 1. The summed E-state index contributed by atoms with van der Waals surface area (Å²) in [5.74, 6) is 0.810. The van der Waals surface area contributed by atoms with Gasteiger partial charge in [-0.25, -0.2) is 0 Å². The van der Waals surface area contributed by atoms with Gasteiger partial charge in [-0.2, -0.15) is 5.10 Å². The molecular formula is C22H19N3O3. The number of benzene rings is 3. The highest BCUT2D eigenvalue weighted by atomic mass is 16.6. The van der Waals surface area contributed by atoms with E-state index in [-0.39, 0.29) is 11.7 Å². The Morgan fingerprint density at radius 2 is 1.68 bits per heavy atom. The van der Waals surface area contributed by atoms with Crippen molar-refractivity contribution in [2.24, 2.45) is 5.10 Å². The number of hydrogen-bond acceptors (Lipinski definition) is 5. The molecule has 0 saturated heterocycles. The second kappa shape index (κ2) is 7.52. The third-order valence-electron chi connectivity index (χ3n) is 4.84. The fourth-order valence-corrected chi connectivity index (χ4v) is 3.36. The Hall–Kier alpha value is -3.67. The summed E-state index contributed by atoms with van der Waals surface area (Å²) in [6.07, 6.45) is 0.707. The molecule has 3 aromatic carbocycles. The Morgan fingerprint density at radius 1 is 1.00 bits per heavy atom. The summed E-state index contributed by atoms with van der Waals surface area (Å²) in [5, 5.41) is 17.8. The highest BCUT2D eigenvalue weighted by Crippen LogP contribution is 2.37. The van der Waals surface area contributed by atoms with Gasteiger partial charge < -0.3 is 4.74 Å². The average Bonchev–Trinajstić information content (AvgIpc) is 3.20. The molecule has 28 heavy (non-hydrogen) atoms. The number of rotatable bonds is 5. The summed E-state index contributed by atoms with van der Waals surface area (Å²) in [6.45, 7) is 0. The normalized spacial score (nSPS) is 16.0. The maximum Gasteiger partial charge on any atom is 0.269 e. The van der Waals surface area contributed by atoms with Crippen molar-refractivity contribution in [2.75, 3.05) is 12.1 Å². The Bertz CT molecular complexity index is 999. The minimum Gasteiger partial charge on any atom is -0.497 e. The van der Waals surface area contributed by atoms with Gasteiger partial charge in [0.1, 0.15) is 5.75 Å². The van der Waals surface area contributed by atoms with Crippen molar-refractivity contribution in [1.82, 2.24) is 0 Å². The number of ether oxygens (including phenoxy) is 1. The van der Waals surface area contributed by atoms with Gasteiger partial charge in [0, 0.05) is 18.6 Å². The molecule has 0 bridgehead atoms. The van der Waals surface area contributed by atoms with E-state index >= 15 is 0 Å². The van der Waals surface area contributed by atoms with Crippen LogP contribution in [-0.2, 0) is 0 Å². The number of hydrazone groups is 1. The van der Waals surface area contributed by atoms with E-state index in [2.05, 4.69) is 0 Å². The van der Waals surface area contributed by atoms with Gasteiger partial charge in [0.2, 0.25) is 0 Å². The first kappa shape index (κ1) is 17.7. The lowest BCUT2D eigenvalue weighted by molar-refractivity contribution is -0.384. The van der Waals surface area contributed by atoms with E-state index in [9.17, 15) is 10.1 Å². The zero-order valence-electron chi connectivity index (χ0n) is 15.4. The third-order valence-corrected chi connectivity index (χ3v) is 4.84. The molecule has 140 valence electrons. The zero-order valence-corrected chi connectivity index (χ0v) is 15.4. The van der Waals surface area contributed by atoms with Gasteiger partial charge in [0.15, 0.2) is 0 Å². The smallest absolute Gasteiger partial charge is 0.269 e. The molecule has 6 nitrogen and oxygen atoms in total. The van der Waals surface area contributed by atoms with E-state index in [1.54, 1.807) is 19.2 Å². The largest absolute Gasteiger partial charge is 0.497 e. The summed E-state index contributed by atoms with van der Waals surface area (Å²) in [5.41, 5.74) is 4.00. The SMILES string of the molecule is COc1ccc([C@H]2CC(c3ccc([N+](=O)[O-])cc3)=NN2c2ccccc2)cc1. The topological polar surface area (TPSA) is 68.0 Å². The van der Waals surface area contributed by atoms with Crippen molar-refractivity contribution in [2.45, 2.75) is 12.5 Å². The first-order chi connectivity index (χ1) is 13.7. The van der Waals surface area contributed by atoms with Gasteiger partial charge in [0.05, 0.1) is 29.5 Å². The van der Waals surface area contributed by atoms with E-state index in [1.165, 1.54) is 12.1 Å². The Morgan fingerprint density at radius 3 is 2.29 bits per heavy atom. The van der Waals surface area contributed by atoms with Crippen LogP contribution in [0.4, 0.5) is 11.4 Å². The number of nitro benzene ring substituents is 1. The lowest BCUT2D eigenvalue weighted by Crippen LogP contribution is -2.18. The van der Waals surface area contributed by atoms with Crippen molar-refractivity contribution in [3.63, 3.8) is 0 Å². The highest BCUT2D eigenvalue weighted by Gasteiger charge is 2.30. The van der Waals surface area contributed by atoms with Crippen LogP contribution in [-0.4, -0.2) is 17.7 Å². The third kappa shape index (κ3) is 3.44. The monoisotopic (exact) mass is 373 g/mol. The minimum atomic E-state index is -0.392. The molecule has 0 aromatic heterocycles. The Balaban J connectivity index is 1.69. The van der Waals surface area contributed by atoms with Crippen LogP contribution in [0.25, 0.3) is 0 Å². The second-order valence-corrected chi connectivity index (χ2v) is 6.52. The molecule has 0 spiro atoms. The number of para-hydroxylation sites is 1. The molecule has 0 aliphatic carbocycles. The molecule has 1 aliphatic heterocycles. The summed E-state index contributed by atoms with van der Waals surface area (Å²) in [6, 6.07) is 24.6. The molecule has 1 aliphatic rings. The van der Waals surface area contributed by atoms with Gasteiger partial charge in [-0.3, -0.25) is 15.1 Å². The maximum atomic E-state index is 10.9. The molecular weight excluding hydrogens is 354 g/mol. The van der Waals surface area contributed by atoms with Crippen molar-refractivity contribution in [3.05, 3.63) is 100 Å². The fourth-order valence-electron chi connectivity index (χ4n) is 3.36. The molecule has 0 saturated carbocycles. The lowest BCUT2D eigenvalue weighted by Gasteiger charge is -2.24. The first-order valence-corrected chi connectivity index (χ1v) is 8.96. The van der Waals surface area contributed by atoms with Crippen molar-refractivity contribution >= 4 is 17.1 Å². The number of anilines is 1. The molecule has 1 atom stereocenters. The number of hydrogen-bond donors (Lipinski definition) is 0. The number of nitrogens with zero attached hydrogens (tertiary/aromatic N) is 3. The Kier molecular flexibility index (Phi) is 4.76. The molecule has 0 fully saturated rings. The zero-order chi connectivity index (χ0) is 19.5. The van der Waals surface area contributed by atoms with Crippen molar-refractivity contribution in [3.8, 4) is 5.75 Å². The van der Waals surface area contributed by atoms with Gasteiger partial charge in [-0.15, -0.1) is 0 Å². The molecule has 1 heterocycles. The second-order valence-electron chi connectivity index (χ2n) is 6.52. The molecule has 6 heteroatoms. The van der Waals surface area contributed by atoms with Crippen LogP contribution in [0, 0.1) is 10.1 Å². The molecule has 0 amide bonds. The van der Waals surface area contributed by atoms with Crippen LogP contribution >= 0.6 is 0 Å². The maximum absolute atomic E-state index is 10.9. The van der Waals surface area contributed by atoms with Crippen molar-refractivity contribution in [1.29, 1.82) is 0 Å². The lowest BCUT2D eigenvalue weighted by atomic mass is 9.98. The van der Waals surface area contributed by atoms with Crippen LogP contribution in [0.5, 0.6) is 5.75 Å². The summed E-state index contributed by atoms with van der Waals surface area (Å²) >= 11 is 0. The van der Waals surface area contributed by atoms with Crippen LogP contribution < -0.4 is 9.75 Å². The van der Waals surface area contributed by atoms with E-state index < -0.39 is 4.92 Å². The molecule has 0 N–H and O–H groups in total. The van der Waals surface area contributed by atoms with Gasteiger partial charge >= 0.3 is 0 Å². The van der Waals surface area contributed by atoms with E-state index in [0.717, 1.165) is 28.3 Å². The van der Waals surface area contributed by atoms with Crippen LogP contribution in [0.1, 0.15) is 23.6 Å². The van der Waals surface area contributed by atoms with E-state index in [1.807, 2.05) is 59.6 Å². The molecule has 3 aromatic rings. The fraction of sp³-hybridized carbons (Fsp3) is 0.136. The quantitative estimate of drug-likeness (QED) is 0.468. The summed E-state index contributed by atoms with van der Waals surface area (Å²) < 4.78 is 5.27. The molecule has 0 unspecified atom stereocenters. The summed E-state index contributed by atoms with van der Waals surface area (Å²) in [7, 11) is 1.65. The number of methoxy groups -OCH3 is 1. The van der Waals surface area contributed by atoms with Gasteiger partial charge in [-0.05, 0) is 47.5 Å². The van der Waals surface area contributed by atoms with Gasteiger partial charge in [0.25, 0.3) is 5.69 Å². The highest BCUT2D eigenvalue weighted by molar-refractivity contribution is 6.03. The van der Waals surface area contributed by atoms with Crippen LogP contribution in [0.15, 0.2) is 84.0 Å². The molecule has 4 rings (SSSR count). The summed E-state index contributed by atoms with van der Waals surface area (Å²) in [4.78, 5) is 10.5. The molecule has 0 radical (unpaired) electrons. The first-order valence-electron chi connectivity index (χ1n) is 8.96. The van der Waals surface area contributed by atoms with Gasteiger partial charge in [-0.1, -0.05) is 30.3 Å². The van der Waals surface area contributed by atoms with E-state index in [4.69, 9.17) is 9.84 Å². The predicted octanol–water partition coefficient (Wildman–Crippen LogP) is 4.96. The van der Waals surface area contributed by atoms with Crippen LogP contribution in [0.3, 0.4) is 0 Å². The average molecular weight is 373 g/mol. The predicted molar refractivity (Wildman–Crippen MR) is 109 cm³/mol. The minimum absolute atomic E-state index is 0.0403. The number of non-ortho nitro benzene ring substituents is 1.